The van der Waals surface area contributed by atoms with Crippen LogP contribution in [-0.4, -0.2) is 16.6 Å². The van der Waals surface area contributed by atoms with E-state index in [0.29, 0.717) is 0 Å². The van der Waals surface area contributed by atoms with Crippen LogP contribution in [0.25, 0.3) is 0 Å². The van der Waals surface area contributed by atoms with Gasteiger partial charge in [0.25, 0.3) is 0 Å². The third-order valence-corrected chi connectivity index (χ3v) is 2.89. The van der Waals surface area contributed by atoms with E-state index in [2.05, 4.69) is 0 Å². The molecule has 0 heterocycles. The molecule has 3 nitrogen and oxygen atoms in total. The van der Waals surface area contributed by atoms with Crippen molar-refractivity contribution < 1.29 is 9.90 Å². The highest BCUT2D eigenvalue weighted by molar-refractivity contribution is 5.70. The fourth-order valence-electron chi connectivity index (χ4n) is 1.78. The predicted octanol–water partition coefficient (Wildman–Crippen LogP) is 1.35. The highest BCUT2D eigenvalue weighted by Gasteiger charge is 2.38. The summed E-state index contributed by atoms with van der Waals surface area (Å²) in [5.41, 5.74) is 7.94. The quantitative estimate of drug-likeness (QED) is 0.779. The minimum atomic E-state index is -0.788. The van der Waals surface area contributed by atoms with Crippen molar-refractivity contribution in [2.24, 2.45) is 5.73 Å². The Bertz CT molecular complexity index is 383. The number of rotatable bonds is 4. The van der Waals surface area contributed by atoms with Crippen LogP contribution < -0.4 is 5.73 Å². The van der Waals surface area contributed by atoms with E-state index in [4.69, 9.17) is 10.8 Å². The first-order chi connectivity index (χ1) is 7.09. The van der Waals surface area contributed by atoms with Crippen molar-refractivity contribution in [1.82, 2.24) is 0 Å². The molecule has 0 aromatic heterocycles. The average Bonchev–Trinajstić information content (AvgIpc) is 2.86. The SMILES string of the molecule is NC1(Cc2ccccc2CC(=O)O)CC1. The van der Waals surface area contributed by atoms with Crippen LogP contribution in [-0.2, 0) is 17.6 Å². The molecule has 0 bridgehead atoms. The number of carboxylic acids is 1. The van der Waals surface area contributed by atoms with Gasteiger partial charge in [-0.3, -0.25) is 4.79 Å². The minimum absolute atomic E-state index is 0.0609. The molecule has 1 fully saturated rings. The fourth-order valence-corrected chi connectivity index (χ4v) is 1.78. The zero-order chi connectivity index (χ0) is 10.9. The van der Waals surface area contributed by atoms with Gasteiger partial charge in [-0.1, -0.05) is 24.3 Å². The zero-order valence-corrected chi connectivity index (χ0v) is 8.57. The van der Waals surface area contributed by atoms with E-state index >= 15 is 0 Å². The maximum absolute atomic E-state index is 10.7. The van der Waals surface area contributed by atoms with Gasteiger partial charge in [0.2, 0.25) is 0 Å². The van der Waals surface area contributed by atoms with Crippen molar-refractivity contribution >= 4 is 5.97 Å². The molecule has 0 amide bonds. The van der Waals surface area contributed by atoms with Gasteiger partial charge in [-0.05, 0) is 30.4 Å². The van der Waals surface area contributed by atoms with Crippen molar-refractivity contribution in [3.05, 3.63) is 35.4 Å². The number of hydrogen-bond acceptors (Lipinski definition) is 2. The summed E-state index contributed by atoms with van der Waals surface area (Å²) in [6.07, 6.45) is 2.99. The van der Waals surface area contributed by atoms with Gasteiger partial charge in [0.1, 0.15) is 0 Å². The van der Waals surface area contributed by atoms with E-state index in [-0.39, 0.29) is 12.0 Å². The lowest BCUT2D eigenvalue weighted by molar-refractivity contribution is -0.136. The number of benzene rings is 1. The van der Waals surface area contributed by atoms with E-state index in [0.717, 1.165) is 30.4 Å². The van der Waals surface area contributed by atoms with Gasteiger partial charge >= 0.3 is 5.97 Å². The Morgan fingerprint density at radius 1 is 1.33 bits per heavy atom. The molecule has 1 aromatic carbocycles. The second kappa shape index (κ2) is 3.66. The molecular formula is C12H15NO2. The zero-order valence-electron chi connectivity index (χ0n) is 8.57. The Morgan fingerprint density at radius 3 is 2.47 bits per heavy atom. The Balaban J connectivity index is 2.17. The Morgan fingerprint density at radius 2 is 1.93 bits per heavy atom. The molecule has 0 saturated heterocycles. The van der Waals surface area contributed by atoms with E-state index in [1.807, 2.05) is 24.3 Å². The first kappa shape index (κ1) is 10.2. The second-order valence-electron chi connectivity index (χ2n) is 4.38. The van der Waals surface area contributed by atoms with Crippen molar-refractivity contribution in [1.29, 1.82) is 0 Å². The van der Waals surface area contributed by atoms with Crippen molar-refractivity contribution in [3.8, 4) is 0 Å². The monoisotopic (exact) mass is 205 g/mol. The van der Waals surface area contributed by atoms with Crippen LogP contribution in [0.15, 0.2) is 24.3 Å². The molecule has 15 heavy (non-hydrogen) atoms. The van der Waals surface area contributed by atoms with Crippen LogP contribution in [0.5, 0.6) is 0 Å². The third kappa shape index (κ3) is 2.57. The summed E-state index contributed by atoms with van der Waals surface area (Å²) in [6.45, 7) is 0. The maximum Gasteiger partial charge on any atom is 0.307 e. The minimum Gasteiger partial charge on any atom is -0.481 e. The summed E-state index contributed by atoms with van der Waals surface area (Å²) in [6, 6.07) is 7.66. The molecule has 1 aliphatic rings. The van der Waals surface area contributed by atoms with E-state index < -0.39 is 5.97 Å². The molecule has 0 spiro atoms. The van der Waals surface area contributed by atoms with Crippen molar-refractivity contribution in [2.75, 3.05) is 0 Å². The highest BCUT2D eigenvalue weighted by atomic mass is 16.4. The first-order valence-corrected chi connectivity index (χ1v) is 5.17. The third-order valence-electron chi connectivity index (χ3n) is 2.89. The standard InChI is InChI=1S/C12H15NO2/c13-12(5-6-12)8-10-4-2-1-3-9(10)7-11(14)15/h1-4H,5-8,13H2,(H,14,15). The largest absolute Gasteiger partial charge is 0.481 e. The van der Waals surface area contributed by atoms with Crippen LogP contribution in [0.1, 0.15) is 24.0 Å². The van der Waals surface area contributed by atoms with Crippen LogP contribution in [0, 0.1) is 0 Å². The molecule has 0 radical (unpaired) electrons. The normalized spacial score (nSPS) is 17.4. The number of carboxylic acid groups (broad SMARTS) is 1. The molecule has 1 saturated carbocycles. The van der Waals surface area contributed by atoms with Crippen LogP contribution in [0.4, 0.5) is 0 Å². The molecule has 2 rings (SSSR count). The van der Waals surface area contributed by atoms with Gasteiger partial charge in [0.15, 0.2) is 0 Å². The molecule has 0 atom stereocenters. The van der Waals surface area contributed by atoms with Crippen molar-refractivity contribution in [2.45, 2.75) is 31.2 Å². The molecular weight excluding hydrogens is 190 g/mol. The van der Waals surface area contributed by atoms with Gasteiger partial charge in [-0.2, -0.15) is 0 Å². The Hall–Kier alpha value is -1.35. The fraction of sp³-hybridized carbons (Fsp3) is 0.417. The van der Waals surface area contributed by atoms with Gasteiger partial charge in [0.05, 0.1) is 6.42 Å². The number of aliphatic carboxylic acids is 1. The molecule has 3 heteroatoms. The van der Waals surface area contributed by atoms with Crippen LogP contribution in [0.2, 0.25) is 0 Å². The number of nitrogens with two attached hydrogens (primary N) is 1. The smallest absolute Gasteiger partial charge is 0.307 e. The molecule has 1 aliphatic carbocycles. The highest BCUT2D eigenvalue weighted by Crippen LogP contribution is 2.36. The predicted molar refractivity (Wildman–Crippen MR) is 57.6 cm³/mol. The van der Waals surface area contributed by atoms with Crippen LogP contribution >= 0.6 is 0 Å². The van der Waals surface area contributed by atoms with Gasteiger partial charge in [0, 0.05) is 5.54 Å². The van der Waals surface area contributed by atoms with Gasteiger partial charge < -0.3 is 10.8 Å². The Kier molecular flexibility index (Phi) is 2.49. The van der Waals surface area contributed by atoms with E-state index in [1.165, 1.54) is 0 Å². The average molecular weight is 205 g/mol. The van der Waals surface area contributed by atoms with Crippen molar-refractivity contribution in [3.63, 3.8) is 0 Å². The summed E-state index contributed by atoms with van der Waals surface area (Å²) in [5, 5.41) is 8.77. The van der Waals surface area contributed by atoms with Crippen LogP contribution in [0.3, 0.4) is 0 Å². The summed E-state index contributed by atoms with van der Waals surface area (Å²) in [5.74, 6) is -0.788. The van der Waals surface area contributed by atoms with Gasteiger partial charge in [-0.15, -0.1) is 0 Å². The first-order valence-electron chi connectivity index (χ1n) is 5.17. The lowest BCUT2D eigenvalue weighted by Crippen LogP contribution is -2.25. The lowest BCUT2D eigenvalue weighted by Gasteiger charge is -2.12. The Labute approximate surface area is 88.9 Å². The molecule has 0 unspecified atom stereocenters. The molecule has 80 valence electrons. The number of carbonyl (C=O) groups is 1. The topological polar surface area (TPSA) is 63.3 Å². The van der Waals surface area contributed by atoms with Gasteiger partial charge in [-0.25, -0.2) is 0 Å². The molecule has 1 aromatic rings. The lowest BCUT2D eigenvalue weighted by atomic mass is 9.97. The molecule has 0 aliphatic heterocycles. The van der Waals surface area contributed by atoms with E-state index in [9.17, 15) is 4.79 Å². The summed E-state index contributed by atoms with van der Waals surface area (Å²) < 4.78 is 0. The summed E-state index contributed by atoms with van der Waals surface area (Å²) in [7, 11) is 0. The molecule has 3 N–H and O–H groups in total. The number of hydrogen-bond donors (Lipinski definition) is 2. The maximum atomic E-state index is 10.7. The van der Waals surface area contributed by atoms with E-state index in [1.54, 1.807) is 0 Å². The summed E-state index contributed by atoms with van der Waals surface area (Å²) in [4.78, 5) is 10.7. The second-order valence-corrected chi connectivity index (χ2v) is 4.38. The summed E-state index contributed by atoms with van der Waals surface area (Å²) >= 11 is 0.